The monoisotopic (exact) mass is 186 g/mol. The molecule has 0 aliphatic carbocycles. The zero-order chi connectivity index (χ0) is 10.3. The average Bonchev–Trinajstić information content (AvgIpc) is 2.17. The minimum Gasteiger partial charge on any atom is -0.321 e. The van der Waals surface area contributed by atoms with Gasteiger partial charge in [0.25, 0.3) is 0 Å². The zero-order valence-corrected chi connectivity index (χ0v) is 9.05. The molecule has 0 rings (SSSR count). The lowest BCUT2D eigenvalue weighted by Crippen LogP contribution is -2.35. The summed E-state index contributed by atoms with van der Waals surface area (Å²) < 4.78 is 0. The van der Waals surface area contributed by atoms with Crippen LogP contribution in [0.15, 0.2) is 0 Å². The molecule has 0 amide bonds. The molecular formula is C10H22N2O. The van der Waals surface area contributed by atoms with Crippen LogP contribution in [-0.2, 0) is 4.79 Å². The van der Waals surface area contributed by atoms with Crippen LogP contribution in [0.2, 0.25) is 0 Å². The quantitative estimate of drug-likeness (QED) is 0.646. The number of nitrogens with zero attached hydrogens (tertiary/aromatic N) is 1. The van der Waals surface area contributed by atoms with Gasteiger partial charge in [-0.3, -0.25) is 4.79 Å². The van der Waals surface area contributed by atoms with Crippen LogP contribution in [0.5, 0.6) is 0 Å². The fraction of sp³-hybridized carbons (Fsp3) is 0.900. The molecule has 3 nitrogen and oxygen atoms in total. The summed E-state index contributed by atoms with van der Waals surface area (Å²) in [6, 6.07) is -0.259. The SMILES string of the molecule is CCC(=O)C(N)CCN(CC)CC. The molecule has 1 unspecified atom stereocenters. The van der Waals surface area contributed by atoms with E-state index in [1.807, 2.05) is 6.92 Å². The first-order valence-electron chi connectivity index (χ1n) is 5.16. The van der Waals surface area contributed by atoms with Crippen LogP contribution < -0.4 is 5.73 Å². The topological polar surface area (TPSA) is 46.3 Å². The Kier molecular flexibility index (Phi) is 6.82. The van der Waals surface area contributed by atoms with Crippen molar-refractivity contribution in [3.8, 4) is 0 Å². The van der Waals surface area contributed by atoms with Crippen molar-refractivity contribution in [3.63, 3.8) is 0 Å². The van der Waals surface area contributed by atoms with E-state index in [0.29, 0.717) is 6.42 Å². The highest BCUT2D eigenvalue weighted by Crippen LogP contribution is 1.97. The van der Waals surface area contributed by atoms with E-state index in [0.717, 1.165) is 26.1 Å². The highest BCUT2D eigenvalue weighted by molar-refractivity contribution is 5.83. The number of carbonyl (C=O) groups excluding carboxylic acids is 1. The van der Waals surface area contributed by atoms with E-state index in [1.54, 1.807) is 0 Å². The van der Waals surface area contributed by atoms with Crippen molar-refractivity contribution in [2.45, 2.75) is 39.7 Å². The largest absolute Gasteiger partial charge is 0.321 e. The Labute approximate surface area is 81.3 Å². The van der Waals surface area contributed by atoms with Crippen LogP contribution in [0.4, 0.5) is 0 Å². The van der Waals surface area contributed by atoms with Crippen molar-refractivity contribution >= 4 is 5.78 Å². The highest BCUT2D eigenvalue weighted by Gasteiger charge is 2.11. The number of rotatable bonds is 7. The second-order valence-electron chi connectivity index (χ2n) is 3.24. The van der Waals surface area contributed by atoms with Gasteiger partial charge in [-0.1, -0.05) is 20.8 Å². The summed E-state index contributed by atoms with van der Waals surface area (Å²) >= 11 is 0. The van der Waals surface area contributed by atoms with Gasteiger partial charge in [-0.25, -0.2) is 0 Å². The molecule has 13 heavy (non-hydrogen) atoms. The standard InChI is InChI=1S/C10H22N2O/c1-4-10(13)9(11)7-8-12(5-2)6-3/h9H,4-8,11H2,1-3H3. The lowest BCUT2D eigenvalue weighted by atomic mass is 10.1. The predicted molar refractivity (Wildman–Crippen MR) is 55.7 cm³/mol. The third-order valence-corrected chi connectivity index (χ3v) is 2.41. The third kappa shape index (κ3) is 5.01. The summed E-state index contributed by atoms with van der Waals surface area (Å²) in [5.74, 6) is 0.173. The Morgan fingerprint density at radius 1 is 1.31 bits per heavy atom. The summed E-state index contributed by atoms with van der Waals surface area (Å²) in [5, 5.41) is 0. The molecule has 0 aliphatic heterocycles. The molecule has 78 valence electrons. The first kappa shape index (κ1) is 12.6. The predicted octanol–water partition coefficient (Wildman–Crippen LogP) is 1.02. The van der Waals surface area contributed by atoms with Crippen LogP contribution in [0, 0.1) is 0 Å². The van der Waals surface area contributed by atoms with Crippen molar-refractivity contribution in [1.82, 2.24) is 4.90 Å². The van der Waals surface area contributed by atoms with Gasteiger partial charge in [0.05, 0.1) is 6.04 Å². The maximum Gasteiger partial charge on any atom is 0.149 e. The van der Waals surface area contributed by atoms with E-state index in [4.69, 9.17) is 5.73 Å². The molecule has 0 aromatic rings. The summed E-state index contributed by atoms with van der Waals surface area (Å²) in [5.41, 5.74) is 5.71. The molecule has 0 aliphatic rings. The Bertz CT molecular complexity index is 144. The molecule has 0 aromatic carbocycles. The summed E-state index contributed by atoms with van der Waals surface area (Å²) in [7, 11) is 0. The number of nitrogens with two attached hydrogens (primary N) is 1. The fourth-order valence-corrected chi connectivity index (χ4v) is 1.28. The fourth-order valence-electron chi connectivity index (χ4n) is 1.28. The Balaban J connectivity index is 3.67. The van der Waals surface area contributed by atoms with Gasteiger partial charge in [-0.2, -0.15) is 0 Å². The highest BCUT2D eigenvalue weighted by atomic mass is 16.1. The van der Waals surface area contributed by atoms with Gasteiger partial charge in [-0.05, 0) is 19.5 Å². The summed E-state index contributed by atoms with van der Waals surface area (Å²) in [6.45, 7) is 9.10. The van der Waals surface area contributed by atoms with Gasteiger partial charge in [0.15, 0.2) is 0 Å². The maximum atomic E-state index is 11.2. The lowest BCUT2D eigenvalue weighted by molar-refractivity contribution is -0.120. The zero-order valence-electron chi connectivity index (χ0n) is 9.05. The second-order valence-corrected chi connectivity index (χ2v) is 3.24. The molecule has 0 saturated carbocycles. The van der Waals surface area contributed by atoms with Crippen LogP contribution in [0.1, 0.15) is 33.6 Å². The molecule has 0 bridgehead atoms. The van der Waals surface area contributed by atoms with E-state index in [1.165, 1.54) is 0 Å². The van der Waals surface area contributed by atoms with Gasteiger partial charge in [0, 0.05) is 13.0 Å². The van der Waals surface area contributed by atoms with Gasteiger partial charge in [-0.15, -0.1) is 0 Å². The van der Waals surface area contributed by atoms with Crippen molar-refractivity contribution in [3.05, 3.63) is 0 Å². The number of hydrogen-bond acceptors (Lipinski definition) is 3. The van der Waals surface area contributed by atoms with Crippen LogP contribution in [0.25, 0.3) is 0 Å². The van der Waals surface area contributed by atoms with Crippen LogP contribution in [0.3, 0.4) is 0 Å². The minimum atomic E-state index is -0.259. The lowest BCUT2D eigenvalue weighted by Gasteiger charge is -2.19. The molecule has 0 heterocycles. The van der Waals surface area contributed by atoms with Gasteiger partial charge in [0.2, 0.25) is 0 Å². The Morgan fingerprint density at radius 2 is 1.85 bits per heavy atom. The molecule has 0 radical (unpaired) electrons. The van der Waals surface area contributed by atoms with Crippen LogP contribution >= 0.6 is 0 Å². The van der Waals surface area contributed by atoms with Gasteiger partial charge < -0.3 is 10.6 Å². The van der Waals surface area contributed by atoms with Gasteiger partial charge >= 0.3 is 0 Å². The number of ketones is 1. The first-order chi connectivity index (χ1) is 6.15. The molecule has 0 saturated heterocycles. The Morgan fingerprint density at radius 3 is 2.23 bits per heavy atom. The number of hydrogen-bond donors (Lipinski definition) is 1. The molecule has 0 aromatic heterocycles. The smallest absolute Gasteiger partial charge is 0.149 e. The van der Waals surface area contributed by atoms with Crippen molar-refractivity contribution in [2.24, 2.45) is 5.73 Å². The summed E-state index contributed by atoms with van der Waals surface area (Å²) in [6.07, 6.45) is 1.34. The number of carbonyl (C=O) groups is 1. The minimum absolute atomic E-state index is 0.173. The third-order valence-electron chi connectivity index (χ3n) is 2.41. The maximum absolute atomic E-state index is 11.2. The van der Waals surface area contributed by atoms with E-state index in [-0.39, 0.29) is 11.8 Å². The second kappa shape index (κ2) is 7.04. The average molecular weight is 186 g/mol. The van der Waals surface area contributed by atoms with Crippen molar-refractivity contribution in [2.75, 3.05) is 19.6 Å². The number of Topliss-reactive ketones (excluding diaryl/α,β-unsaturated/α-hetero) is 1. The first-order valence-corrected chi connectivity index (χ1v) is 5.16. The van der Waals surface area contributed by atoms with Crippen LogP contribution in [-0.4, -0.2) is 36.4 Å². The normalized spacial score (nSPS) is 13.3. The van der Waals surface area contributed by atoms with E-state index >= 15 is 0 Å². The molecule has 0 spiro atoms. The molecular weight excluding hydrogens is 164 g/mol. The Hall–Kier alpha value is -0.410. The van der Waals surface area contributed by atoms with E-state index in [9.17, 15) is 4.79 Å². The summed E-state index contributed by atoms with van der Waals surface area (Å²) in [4.78, 5) is 13.4. The molecule has 2 N–H and O–H groups in total. The molecule has 0 fully saturated rings. The van der Waals surface area contributed by atoms with E-state index in [2.05, 4.69) is 18.7 Å². The van der Waals surface area contributed by atoms with Gasteiger partial charge in [0.1, 0.15) is 5.78 Å². The van der Waals surface area contributed by atoms with E-state index < -0.39 is 0 Å². The molecule has 1 atom stereocenters. The van der Waals surface area contributed by atoms with Crippen molar-refractivity contribution in [1.29, 1.82) is 0 Å². The van der Waals surface area contributed by atoms with Crippen molar-refractivity contribution < 1.29 is 4.79 Å². The molecule has 3 heteroatoms.